The quantitative estimate of drug-likeness (QED) is 0.925. The fraction of sp³-hybridized carbons (Fsp3) is 0.231. The SMILES string of the molecule is O=C(NCCc1cncs1)c1ccc2c(c1)OCO2. The van der Waals surface area contributed by atoms with Crippen LogP contribution in [0.25, 0.3) is 0 Å². The van der Waals surface area contributed by atoms with Gasteiger partial charge >= 0.3 is 0 Å². The highest BCUT2D eigenvalue weighted by molar-refractivity contribution is 7.09. The van der Waals surface area contributed by atoms with Gasteiger partial charge in [-0.25, -0.2) is 0 Å². The predicted octanol–water partition coefficient (Wildman–Crippen LogP) is 1.84. The summed E-state index contributed by atoms with van der Waals surface area (Å²) in [6.45, 7) is 0.807. The van der Waals surface area contributed by atoms with Crippen molar-refractivity contribution >= 4 is 17.2 Å². The van der Waals surface area contributed by atoms with Crippen LogP contribution in [0, 0.1) is 0 Å². The van der Waals surface area contributed by atoms with Crippen LogP contribution < -0.4 is 14.8 Å². The lowest BCUT2D eigenvalue weighted by Crippen LogP contribution is -2.25. The van der Waals surface area contributed by atoms with Crippen molar-refractivity contribution < 1.29 is 14.3 Å². The van der Waals surface area contributed by atoms with Crippen LogP contribution in [0.5, 0.6) is 11.5 Å². The highest BCUT2D eigenvalue weighted by Gasteiger charge is 2.15. The van der Waals surface area contributed by atoms with Crippen LogP contribution >= 0.6 is 11.3 Å². The number of thiazole rings is 1. The predicted molar refractivity (Wildman–Crippen MR) is 70.7 cm³/mol. The van der Waals surface area contributed by atoms with Gasteiger partial charge < -0.3 is 14.8 Å². The number of nitrogens with zero attached hydrogens (tertiary/aromatic N) is 1. The summed E-state index contributed by atoms with van der Waals surface area (Å²) in [6, 6.07) is 5.18. The maximum absolute atomic E-state index is 12.0. The molecule has 2 aromatic rings. The molecule has 1 N–H and O–H groups in total. The van der Waals surface area contributed by atoms with Crippen LogP contribution in [0.15, 0.2) is 29.9 Å². The number of benzene rings is 1. The summed E-state index contributed by atoms with van der Waals surface area (Å²) in [5, 5.41) is 2.87. The van der Waals surface area contributed by atoms with Crippen LogP contribution in [0.2, 0.25) is 0 Å². The first-order chi connectivity index (χ1) is 9.33. The summed E-state index contributed by atoms with van der Waals surface area (Å²) in [5.41, 5.74) is 2.36. The Morgan fingerprint density at radius 1 is 1.37 bits per heavy atom. The molecular weight excluding hydrogens is 264 g/mol. The summed E-state index contributed by atoms with van der Waals surface area (Å²) in [5.74, 6) is 1.19. The molecule has 1 aliphatic heterocycles. The van der Waals surface area contributed by atoms with Gasteiger partial charge in [0.15, 0.2) is 11.5 Å². The molecule has 2 heterocycles. The van der Waals surface area contributed by atoms with E-state index in [1.807, 2.05) is 6.20 Å². The highest BCUT2D eigenvalue weighted by Crippen LogP contribution is 2.32. The van der Waals surface area contributed by atoms with Gasteiger partial charge in [-0.15, -0.1) is 11.3 Å². The number of rotatable bonds is 4. The largest absolute Gasteiger partial charge is 0.454 e. The Bertz CT molecular complexity index is 584. The molecule has 0 radical (unpaired) electrons. The molecule has 1 amide bonds. The van der Waals surface area contributed by atoms with Gasteiger partial charge in [-0.05, 0) is 18.2 Å². The Morgan fingerprint density at radius 3 is 3.11 bits per heavy atom. The molecule has 0 aliphatic carbocycles. The zero-order valence-electron chi connectivity index (χ0n) is 10.1. The van der Waals surface area contributed by atoms with Crippen molar-refractivity contribution in [3.8, 4) is 11.5 Å². The number of hydrogen-bond acceptors (Lipinski definition) is 5. The second kappa shape index (κ2) is 5.27. The van der Waals surface area contributed by atoms with E-state index < -0.39 is 0 Å². The molecule has 0 spiro atoms. The van der Waals surface area contributed by atoms with Crippen LogP contribution in [0.1, 0.15) is 15.2 Å². The third-order valence-electron chi connectivity index (χ3n) is 2.78. The van der Waals surface area contributed by atoms with E-state index in [1.54, 1.807) is 35.0 Å². The molecule has 98 valence electrons. The van der Waals surface area contributed by atoms with E-state index in [0.717, 1.165) is 11.3 Å². The Balaban J connectivity index is 1.58. The average Bonchev–Trinajstić information content (AvgIpc) is 3.08. The van der Waals surface area contributed by atoms with Gasteiger partial charge in [0.05, 0.1) is 5.51 Å². The molecule has 19 heavy (non-hydrogen) atoms. The third kappa shape index (κ3) is 2.68. The average molecular weight is 276 g/mol. The summed E-state index contributed by atoms with van der Waals surface area (Å²) >= 11 is 1.59. The number of carbonyl (C=O) groups is 1. The van der Waals surface area contributed by atoms with Crippen LogP contribution in [-0.2, 0) is 6.42 Å². The smallest absolute Gasteiger partial charge is 0.251 e. The molecule has 1 aromatic carbocycles. The van der Waals surface area contributed by atoms with Gasteiger partial charge in [-0.2, -0.15) is 0 Å². The molecule has 6 heteroatoms. The van der Waals surface area contributed by atoms with Crippen LogP contribution in [0.3, 0.4) is 0 Å². The topological polar surface area (TPSA) is 60.5 Å². The maximum Gasteiger partial charge on any atom is 0.251 e. The number of hydrogen-bond donors (Lipinski definition) is 1. The molecule has 3 rings (SSSR count). The number of ether oxygens (including phenoxy) is 2. The van der Waals surface area contributed by atoms with E-state index in [0.29, 0.717) is 23.6 Å². The highest BCUT2D eigenvalue weighted by atomic mass is 32.1. The van der Waals surface area contributed by atoms with Crippen molar-refractivity contribution in [3.05, 3.63) is 40.3 Å². The third-order valence-corrected chi connectivity index (χ3v) is 3.61. The Labute approximate surface area is 114 Å². The summed E-state index contributed by atoms with van der Waals surface area (Å²) in [7, 11) is 0. The zero-order valence-corrected chi connectivity index (χ0v) is 10.9. The number of amides is 1. The molecule has 0 saturated heterocycles. The number of aromatic nitrogens is 1. The first-order valence-electron chi connectivity index (χ1n) is 5.88. The number of nitrogens with one attached hydrogen (secondary N) is 1. The zero-order chi connectivity index (χ0) is 13.1. The Kier molecular flexibility index (Phi) is 3.33. The molecule has 0 atom stereocenters. The fourth-order valence-corrected chi connectivity index (χ4v) is 2.40. The lowest BCUT2D eigenvalue weighted by molar-refractivity contribution is 0.0953. The van der Waals surface area contributed by atoms with Crippen molar-refractivity contribution in [2.45, 2.75) is 6.42 Å². The molecule has 5 nitrogen and oxygen atoms in total. The number of carbonyl (C=O) groups excluding carboxylic acids is 1. The monoisotopic (exact) mass is 276 g/mol. The summed E-state index contributed by atoms with van der Waals surface area (Å²) < 4.78 is 10.4. The first kappa shape index (κ1) is 12.0. The van der Waals surface area contributed by atoms with Gasteiger partial charge in [-0.3, -0.25) is 9.78 Å². The van der Waals surface area contributed by atoms with Gasteiger partial charge in [-0.1, -0.05) is 0 Å². The van der Waals surface area contributed by atoms with E-state index in [9.17, 15) is 4.79 Å². The molecular formula is C13H12N2O3S. The second-order valence-corrected chi connectivity index (χ2v) is 5.01. The van der Waals surface area contributed by atoms with Gasteiger partial charge in [0.1, 0.15) is 0 Å². The van der Waals surface area contributed by atoms with Crippen molar-refractivity contribution in [2.75, 3.05) is 13.3 Å². The van der Waals surface area contributed by atoms with E-state index >= 15 is 0 Å². The standard InChI is InChI=1S/C13H12N2O3S/c16-13(15-4-3-10-6-14-7-19-10)9-1-2-11-12(5-9)18-8-17-11/h1-2,5-7H,3-4,8H2,(H,15,16). The fourth-order valence-electron chi connectivity index (χ4n) is 1.80. The minimum atomic E-state index is -0.109. The molecule has 0 fully saturated rings. The van der Waals surface area contributed by atoms with Crippen molar-refractivity contribution in [3.63, 3.8) is 0 Å². The first-order valence-corrected chi connectivity index (χ1v) is 6.76. The molecule has 0 unspecified atom stereocenters. The van der Waals surface area contributed by atoms with E-state index in [2.05, 4.69) is 10.3 Å². The normalized spacial score (nSPS) is 12.4. The Morgan fingerprint density at radius 2 is 2.26 bits per heavy atom. The summed E-state index contributed by atoms with van der Waals surface area (Å²) in [6.07, 6.45) is 2.61. The molecule has 1 aromatic heterocycles. The summed E-state index contributed by atoms with van der Waals surface area (Å²) in [4.78, 5) is 17.1. The minimum Gasteiger partial charge on any atom is -0.454 e. The van der Waals surface area contributed by atoms with Gasteiger partial charge in [0.2, 0.25) is 6.79 Å². The van der Waals surface area contributed by atoms with E-state index in [-0.39, 0.29) is 12.7 Å². The van der Waals surface area contributed by atoms with E-state index in [1.165, 1.54) is 0 Å². The lowest BCUT2D eigenvalue weighted by Gasteiger charge is -2.05. The number of fused-ring (bicyclic) bond motifs is 1. The van der Waals surface area contributed by atoms with Gasteiger partial charge in [0.25, 0.3) is 5.91 Å². The van der Waals surface area contributed by atoms with Crippen LogP contribution in [0.4, 0.5) is 0 Å². The molecule has 1 aliphatic rings. The Hall–Kier alpha value is -2.08. The second-order valence-electron chi connectivity index (χ2n) is 4.04. The molecule has 0 saturated carbocycles. The van der Waals surface area contributed by atoms with E-state index in [4.69, 9.17) is 9.47 Å². The maximum atomic E-state index is 12.0. The van der Waals surface area contributed by atoms with Crippen LogP contribution in [-0.4, -0.2) is 24.2 Å². The van der Waals surface area contributed by atoms with Crippen molar-refractivity contribution in [2.24, 2.45) is 0 Å². The van der Waals surface area contributed by atoms with Gasteiger partial charge in [0, 0.05) is 29.6 Å². The van der Waals surface area contributed by atoms with Crippen molar-refractivity contribution in [1.29, 1.82) is 0 Å². The lowest BCUT2D eigenvalue weighted by atomic mass is 10.2. The van der Waals surface area contributed by atoms with Crippen molar-refractivity contribution in [1.82, 2.24) is 10.3 Å². The molecule has 0 bridgehead atoms. The minimum absolute atomic E-state index is 0.109.